The van der Waals surface area contributed by atoms with Crippen molar-refractivity contribution < 1.29 is 14.6 Å². The van der Waals surface area contributed by atoms with Crippen molar-refractivity contribution in [1.29, 1.82) is 0 Å². The summed E-state index contributed by atoms with van der Waals surface area (Å²) in [4.78, 5) is 17.4. The Kier molecular flexibility index (Phi) is 4.90. The molecule has 0 amide bonds. The Morgan fingerprint density at radius 3 is 2.71 bits per heavy atom. The summed E-state index contributed by atoms with van der Waals surface area (Å²) in [7, 11) is 3.54. The molecule has 110 valence electrons. The van der Waals surface area contributed by atoms with Gasteiger partial charge in [-0.2, -0.15) is 0 Å². The molecule has 1 aromatic carbocycles. The van der Waals surface area contributed by atoms with E-state index >= 15 is 0 Å². The van der Waals surface area contributed by atoms with Gasteiger partial charge in [0.05, 0.1) is 18.4 Å². The lowest BCUT2D eigenvalue weighted by Crippen LogP contribution is -2.18. The highest BCUT2D eigenvalue weighted by atomic mass is 16.5. The lowest BCUT2D eigenvalue weighted by molar-refractivity contribution is 0.0696. The Hall–Kier alpha value is -2.40. The van der Waals surface area contributed by atoms with Crippen molar-refractivity contribution in [3.05, 3.63) is 59.4 Å². The summed E-state index contributed by atoms with van der Waals surface area (Å²) in [5.41, 5.74) is 2.07. The number of aromatic nitrogens is 1. The van der Waals surface area contributed by atoms with Gasteiger partial charge in [-0.3, -0.25) is 9.88 Å². The van der Waals surface area contributed by atoms with Crippen LogP contribution in [0.3, 0.4) is 0 Å². The fraction of sp³-hybridized carbons (Fsp3) is 0.250. The maximum absolute atomic E-state index is 11.1. The zero-order valence-electron chi connectivity index (χ0n) is 12.1. The summed E-state index contributed by atoms with van der Waals surface area (Å²) in [5, 5.41) is 9.08. The Labute approximate surface area is 123 Å². The molecule has 21 heavy (non-hydrogen) atoms. The van der Waals surface area contributed by atoms with Crippen LogP contribution < -0.4 is 4.74 Å². The monoisotopic (exact) mass is 286 g/mol. The van der Waals surface area contributed by atoms with Crippen molar-refractivity contribution in [3.63, 3.8) is 0 Å². The number of methoxy groups -OCH3 is 1. The van der Waals surface area contributed by atoms with Gasteiger partial charge in [0.25, 0.3) is 0 Å². The first-order valence-corrected chi connectivity index (χ1v) is 6.59. The molecule has 0 saturated carbocycles. The SMILES string of the molecule is COc1ccc(C(=O)O)cc1CN(C)Cc1ccccn1. The lowest BCUT2D eigenvalue weighted by atomic mass is 10.1. The quantitative estimate of drug-likeness (QED) is 0.883. The van der Waals surface area contributed by atoms with Gasteiger partial charge in [-0.1, -0.05) is 6.07 Å². The van der Waals surface area contributed by atoms with Gasteiger partial charge in [-0.25, -0.2) is 4.79 Å². The number of carboxylic acids is 1. The number of aromatic carboxylic acids is 1. The van der Waals surface area contributed by atoms with Crippen LogP contribution in [-0.2, 0) is 13.1 Å². The van der Waals surface area contributed by atoms with Crippen LogP contribution in [-0.4, -0.2) is 35.1 Å². The van der Waals surface area contributed by atoms with E-state index in [1.807, 2.05) is 25.2 Å². The second-order valence-corrected chi connectivity index (χ2v) is 4.83. The Bertz CT molecular complexity index is 614. The van der Waals surface area contributed by atoms with Crippen LogP contribution in [0.2, 0.25) is 0 Å². The van der Waals surface area contributed by atoms with E-state index in [1.165, 1.54) is 0 Å². The summed E-state index contributed by atoms with van der Waals surface area (Å²) in [6.45, 7) is 1.27. The molecule has 0 radical (unpaired) electrons. The topological polar surface area (TPSA) is 62.7 Å². The average molecular weight is 286 g/mol. The third kappa shape index (κ3) is 4.03. The molecule has 2 aromatic rings. The first-order valence-electron chi connectivity index (χ1n) is 6.59. The predicted molar refractivity (Wildman–Crippen MR) is 79.4 cm³/mol. The molecule has 0 aliphatic rings. The smallest absolute Gasteiger partial charge is 0.335 e. The standard InChI is InChI=1S/C16H18N2O3/c1-18(11-14-5-3-4-8-17-14)10-13-9-12(16(19)20)6-7-15(13)21-2/h3-9H,10-11H2,1-2H3,(H,19,20). The Balaban J connectivity index is 2.13. The van der Waals surface area contributed by atoms with Gasteiger partial charge < -0.3 is 9.84 Å². The number of benzene rings is 1. The van der Waals surface area contributed by atoms with E-state index in [2.05, 4.69) is 9.88 Å². The Morgan fingerprint density at radius 1 is 1.29 bits per heavy atom. The van der Waals surface area contributed by atoms with Crippen LogP contribution in [0.15, 0.2) is 42.6 Å². The van der Waals surface area contributed by atoms with E-state index in [0.717, 1.165) is 11.3 Å². The Morgan fingerprint density at radius 2 is 2.10 bits per heavy atom. The minimum atomic E-state index is -0.939. The molecular formula is C16H18N2O3. The molecule has 0 spiro atoms. The highest BCUT2D eigenvalue weighted by Gasteiger charge is 2.11. The molecule has 1 N–H and O–H groups in total. The molecule has 0 aliphatic heterocycles. The molecule has 0 saturated heterocycles. The van der Waals surface area contributed by atoms with Crippen LogP contribution in [0.5, 0.6) is 5.75 Å². The van der Waals surface area contributed by atoms with Crippen molar-refractivity contribution in [2.24, 2.45) is 0 Å². The van der Waals surface area contributed by atoms with Gasteiger partial charge in [0.2, 0.25) is 0 Å². The number of pyridine rings is 1. The molecule has 1 aromatic heterocycles. The molecule has 5 heteroatoms. The van der Waals surface area contributed by atoms with Crippen LogP contribution in [0.25, 0.3) is 0 Å². The van der Waals surface area contributed by atoms with Crippen LogP contribution in [0, 0.1) is 0 Å². The van der Waals surface area contributed by atoms with E-state index < -0.39 is 5.97 Å². The summed E-state index contributed by atoms with van der Waals surface area (Å²) in [6.07, 6.45) is 1.76. The fourth-order valence-electron chi connectivity index (χ4n) is 2.15. The first kappa shape index (κ1) is 15.0. The summed E-state index contributed by atoms with van der Waals surface area (Å²) in [5.74, 6) is -0.251. The minimum absolute atomic E-state index is 0.261. The van der Waals surface area contributed by atoms with Crippen molar-refractivity contribution in [2.75, 3.05) is 14.2 Å². The third-order valence-electron chi connectivity index (χ3n) is 3.13. The number of rotatable bonds is 6. The van der Waals surface area contributed by atoms with E-state index in [1.54, 1.807) is 31.5 Å². The van der Waals surface area contributed by atoms with Gasteiger partial charge in [-0.05, 0) is 37.4 Å². The molecular weight excluding hydrogens is 268 g/mol. The van der Waals surface area contributed by atoms with Crippen molar-refractivity contribution in [1.82, 2.24) is 9.88 Å². The van der Waals surface area contributed by atoms with Gasteiger partial charge in [-0.15, -0.1) is 0 Å². The summed E-state index contributed by atoms with van der Waals surface area (Å²) in [6, 6.07) is 10.7. The van der Waals surface area contributed by atoms with E-state index in [9.17, 15) is 4.79 Å². The summed E-state index contributed by atoms with van der Waals surface area (Å²) >= 11 is 0. The van der Waals surface area contributed by atoms with Gasteiger partial charge in [0.15, 0.2) is 0 Å². The maximum Gasteiger partial charge on any atom is 0.335 e. The highest BCUT2D eigenvalue weighted by molar-refractivity contribution is 5.88. The molecule has 0 atom stereocenters. The van der Waals surface area contributed by atoms with Crippen LogP contribution in [0.1, 0.15) is 21.6 Å². The molecule has 0 unspecified atom stereocenters. The highest BCUT2D eigenvalue weighted by Crippen LogP contribution is 2.21. The molecule has 0 bridgehead atoms. The van der Waals surface area contributed by atoms with E-state index in [4.69, 9.17) is 9.84 Å². The zero-order valence-corrected chi connectivity index (χ0v) is 12.1. The van der Waals surface area contributed by atoms with Gasteiger partial charge in [0.1, 0.15) is 5.75 Å². The molecule has 0 fully saturated rings. The van der Waals surface area contributed by atoms with Gasteiger partial charge >= 0.3 is 5.97 Å². The normalized spacial score (nSPS) is 10.6. The first-order chi connectivity index (χ1) is 10.1. The van der Waals surface area contributed by atoms with Crippen molar-refractivity contribution in [2.45, 2.75) is 13.1 Å². The van der Waals surface area contributed by atoms with Crippen LogP contribution in [0.4, 0.5) is 0 Å². The van der Waals surface area contributed by atoms with Crippen molar-refractivity contribution in [3.8, 4) is 5.75 Å². The van der Waals surface area contributed by atoms with Crippen LogP contribution >= 0.6 is 0 Å². The molecule has 2 rings (SSSR count). The molecule has 0 aliphatic carbocycles. The largest absolute Gasteiger partial charge is 0.496 e. The van der Waals surface area contributed by atoms with Crippen molar-refractivity contribution >= 4 is 5.97 Å². The zero-order chi connectivity index (χ0) is 15.2. The third-order valence-corrected chi connectivity index (χ3v) is 3.13. The second kappa shape index (κ2) is 6.85. The molecule has 1 heterocycles. The summed E-state index contributed by atoms with van der Waals surface area (Å²) < 4.78 is 5.30. The second-order valence-electron chi connectivity index (χ2n) is 4.83. The molecule has 5 nitrogen and oxygen atoms in total. The fourth-order valence-corrected chi connectivity index (χ4v) is 2.15. The lowest BCUT2D eigenvalue weighted by Gasteiger charge is -2.18. The number of hydrogen-bond donors (Lipinski definition) is 1. The van der Waals surface area contributed by atoms with E-state index in [0.29, 0.717) is 18.8 Å². The minimum Gasteiger partial charge on any atom is -0.496 e. The maximum atomic E-state index is 11.1. The average Bonchev–Trinajstić information content (AvgIpc) is 2.48. The number of hydrogen-bond acceptors (Lipinski definition) is 4. The number of carbonyl (C=O) groups is 1. The number of ether oxygens (including phenoxy) is 1. The predicted octanol–water partition coefficient (Wildman–Crippen LogP) is 2.42. The number of carboxylic acid groups (broad SMARTS) is 1. The number of nitrogens with zero attached hydrogens (tertiary/aromatic N) is 2. The van der Waals surface area contributed by atoms with E-state index in [-0.39, 0.29) is 5.56 Å². The van der Waals surface area contributed by atoms with Gasteiger partial charge in [0, 0.05) is 24.8 Å².